The maximum absolute atomic E-state index is 11.2. The number of aromatic nitrogens is 4. The molecular weight excluding hydrogens is 448 g/mol. The highest BCUT2D eigenvalue weighted by atomic mass is 16.5. The molecule has 10 heteroatoms. The summed E-state index contributed by atoms with van der Waals surface area (Å²) in [4.78, 5) is 13.6. The lowest BCUT2D eigenvalue weighted by molar-refractivity contribution is -0.0423. The second-order valence-corrected chi connectivity index (χ2v) is 11.3. The molecule has 0 bridgehead atoms. The fraction of sp³-hybridized carbons (Fsp3) is 0.840. The number of nitrogens with zero attached hydrogens (tertiary/aromatic N) is 6. The van der Waals surface area contributed by atoms with Gasteiger partial charge in [0.2, 0.25) is 11.8 Å². The minimum absolute atomic E-state index is 0.210. The molecule has 2 aromatic rings. The van der Waals surface area contributed by atoms with Gasteiger partial charge in [-0.2, -0.15) is 9.97 Å². The van der Waals surface area contributed by atoms with Gasteiger partial charge in [0.05, 0.1) is 24.0 Å². The van der Waals surface area contributed by atoms with Gasteiger partial charge < -0.3 is 29.1 Å². The second kappa shape index (κ2) is 11.0. The zero-order valence-corrected chi connectivity index (χ0v) is 21.7. The van der Waals surface area contributed by atoms with E-state index in [-0.39, 0.29) is 11.8 Å². The van der Waals surface area contributed by atoms with Crippen LogP contribution in [0.15, 0.2) is 9.05 Å². The van der Waals surface area contributed by atoms with E-state index in [9.17, 15) is 10.2 Å². The number of β-amino-alcohol motifs (C(OH)–C–C–N with tert-alkyl or cyclic N) is 2. The minimum atomic E-state index is -0.830. The molecule has 0 saturated carbocycles. The fourth-order valence-electron chi connectivity index (χ4n) is 5.31. The van der Waals surface area contributed by atoms with Gasteiger partial charge in [0.1, 0.15) is 0 Å². The normalized spacial score (nSPS) is 26.7. The lowest BCUT2D eigenvalue weighted by Gasteiger charge is -2.40. The van der Waals surface area contributed by atoms with E-state index in [4.69, 9.17) is 9.05 Å². The van der Waals surface area contributed by atoms with E-state index in [1.165, 1.54) is 0 Å². The predicted molar refractivity (Wildman–Crippen MR) is 130 cm³/mol. The van der Waals surface area contributed by atoms with E-state index in [2.05, 4.69) is 30.1 Å². The lowest BCUT2D eigenvalue weighted by Crippen LogP contribution is -2.51. The molecule has 2 aromatic heterocycles. The number of hydrogen-bond donors (Lipinski definition) is 2. The van der Waals surface area contributed by atoms with Crippen molar-refractivity contribution in [1.82, 2.24) is 30.1 Å². The third-order valence-corrected chi connectivity index (χ3v) is 7.18. The smallest absolute Gasteiger partial charge is 0.229 e. The molecule has 2 aliphatic heterocycles. The Morgan fingerprint density at radius 1 is 0.771 bits per heavy atom. The summed E-state index contributed by atoms with van der Waals surface area (Å²) in [7, 11) is 0. The predicted octanol–water partition coefficient (Wildman–Crippen LogP) is 2.53. The number of hydrogen-bond acceptors (Lipinski definition) is 10. The van der Waals surface area contributed by atoms with E-state index < -0.39 is 11.2 Å². The molecule has 10 nitrogen and oxygen atoms in total. The van der Waals surface area contributed by atoms with Crippen molar-refractivity contribution in [2.45, 2.75) is 95.7 Å². The van der Waals surface area contributed by atoms with Crippen molar-refractivity contribution >= 4 is 0 Å². The quantitative estimate of drug-likeness (QED) is 0.513. The Balaban J connectivity index is 1.23. The molecular formula is C25H42N6O4. The third-order valence-electron chi connectivity index (χ3n) is 7.18. The van der Waals surface area contributed by atoms with Crippen LogP contribution < -0.4 is 0 Å². The molecule has 0 radical (unpaired) electrons. The van der Waals surface area contributed by atoms with Crippen molar-refractivity contribution in [3.8, 4) is 0 Å². The Morgan fingerprint density at radius 3 is 1.57 bits per heavy atom. The first-order valence-corrected chi connectivity index (χ1v) is 13.2. The average Bonchev–Trinajstić information content (AvgIpc) is 3.43. The first-order chi connectivity index (χ1) is 16.6. The zero-order valence-electron chi connectivity index (χ0n) is 21.7. The standard InChI is InChI=1S/C25H42N6O4/c1-18(2)22-26-20(34-28-22)14-24(32)8-5-10-30(16-24)12-7-13-31-11-6-9-25(33,17-31)15-21-27-23(19(3)4)29-35-21/h18-19,32-33H,5-17H2,1-4H3. The summed E-state index contributed by atoms with van der Waals surface area (Å²) < 4.78 is 10.8. The SMILES string of the molecule is CC(C)c1noc(CC2(O)CCCN(CCCN3CCCC(O)(Cc4nc(C(C)C)no4)C3)C2)n1. The van der Waals surface area contributed by atoms with Crippen molar-refractivity contribution in [2.75, 3.05) is 39.3 Å². The van der Waals surface area contributed by atoms with Crippen LogP contribution in [-0.4, -0.2) is 90.8 Å². The van der Waals surface area contributed by atoms with Crippen molar-refractivity contribution < 1.29 is 19.3 Å². The van der Waals surface area contributed by atoms with Crippen LogP contribution >= 0.6 is 0 Å². The van der Waals surface area contributed by atoms with Crippen molar-refractivity contribution in [3.05, 3.63) is 23.4 Å². The summed E-state index contributed by atoms with van der Waals surface area (Å²) in [6, 6.07) is 0. The van der Waals surface area contributed by atoms with E-state index in [1.54, 1.807) is 0 Å². The van der Waals surface area contributed by atoms with Crippen molar-refractivity contribution in [2.24, 2.45) is 0 Å². The van der Waals surface area contributed by atoms with Crippen LogP contribution in [0, 0.1) is 0 Å². The molecule has 2 N–H and O–H groups in total. The molecule has 4 heterocycles. The summed E-state index contributed by atoms with van der Waals surface area (Å²) >= 11 is 0. The molecule has 2 saturated heterocycles. The lowest BCUT2D eigenvalue weighted by atomic mass is 9.89. The van der Waals surface area contributed by atoms with Crippen LogP contribution in [0.1, 0.15) is 95.1 Å². The van der Waals surface area contributed by atoms with Gasteiger partial charge >= 0.3 is 0 Å². The summed E-state index contributed by atoms with van der Waals surface area (Å²) in [6.07, 6.45) is 5.18. The van der Waals surface area contributed by atoms with Gasteiger partial charge in [-0.05, 0) is 58.3 Å². The van der Waals surface area contributed by atoms with Gasteiger partial charge in [-0.1, -0.05) is 38.0 Å². The molecule has 2 unspecified atom stereocenters. The summed E-state index contributed by atoms with van der Waals surface area (Å²) in [5, 5.41) is 30.5. The van der Waals surface area contributed by atoms with Crippen molar-refractivity contribution in [1.29, 1.82) is 0 Å². The maximum atomic E-state index is 11.2. The van der Waals surface area contributed by atoms with Gasteiger partial charge in [0, 0.05) is 24.9 Å². The average molecular weight is 491 g/mol. The maximum Gasteiger partial charge on any atom is 0.229 e. The number of piperidine rings is 2. The van der Waals surface area contributed by atoms with Crippen LogP contribution in [0.5, 0.6) is 0 Å². The van der Waals surface area contributed by atoms with Crippen molar-refractivity contribution in [3.63, 3.8) is 0 Å². The topological polar surface area (TPSA) is 125 Å². The summed E-state index contributed by atoms with van der Waals surface area (Å²) in [5.74, 6) is 2.85. The Labute approximate surface area is 208 Å². The van der Waals surface area contributed by atoms with Gasteiger partial charge in [-0.3, -0.25) is 0 Å². The zero-order chi connectivity index (χ0) is 25.1. The molecule has 0 amide bonds. The Kier molecular flexibility index (Phi) is 8.25. The van der Waals surface area contributed by atoms with E-state index in [0.717, 1.165) is 58.3 Å². The highest BCUT2D eigenvalue weighted by molar-refractivity contribution is 5.00. The molecule has 2 atom stereocenters. The molecule has 2 aliphatic rings. The van der Waals surface area contributed by atoms with E-state index >= 15 is 0 Å². The van der Waals surface area contributed by atoms with Gasteiger partial charge in [0.25, 0.3) is 0 Å². The van der Waals surface area contributed by atoms with Gasteiger partial charge in [0.15, 0.2) is 11.6 Å². The van der Waals surface area contributed by atoms with Crippen LogP contribution in [0.3, 0.4) is 0 Å². The first kappa shape index (κ1) is 26.2. The molecule has 4 rings (SSSR count). The molecule has 196 valence electrons. The molecule has 2 fully saturated rings. The molecule has 35 heavy (non-hydrogen) atoms. The molecule has 0 aromatic carbocycles. The number of likely N-dealkylation sites (tertiary alicyclic amines) is 2. The Morgan fingerprint density at radius 2 is 1.20 bits per heavy atom. The number of rotatable bonds is 10. The fourth-order valence-corrected chi connectivity index (χ4v) is 5.31. The summed E-state index contributed by atoms with van der Waals surface area (Å²) in [5.41, 5.74) is -1.66. The highest BCUT2D eigenvalue weighted by Crippen LogP contribution is 2.27. The monoisotopic (exact) mass is 490 g/mol. The second-order valence-electron chi connectivity index (χ2n) is 11.3. The molecule has 0 aliphatic carbocycles. The third kappa shape index (κ3) is 7.09. The van der Waals surface area contributed by atoms with Crippen LogP contribution in [0.4, 0.5) is 0 Å². The number of aliphatic hydroxyl groups is 2. The Hall–Kier alpha value is -1.88. The van der Waals surface area contributed by atoms with E-state index in [1.807, 2.05) is 27.7 Å². The van der Waals surface area contributed by atoms with Crippen LogP contribution in [0.25, 0.3) is 0 Å². The van der Waals surface area contributed by atoms with Crippen LogP contribution in [-0.2, 0) is 12.8 Å². The van der Waals surface area contributed by atoms with Crippen LogP contribution in [0.2, 0.25) is 0 Å². The van der Waals surface area contributed by atoms with Gasteiger partial charge in [-0.25, -0.2) is 0 Å². The minimum Gasteiger partial charge on any atom is -0.388 e. The summed E-state index contributed by atoms with van der Waals surface area (Å²) in [6.45, 7) is 13.2. The largest absolute Gasteiger partial charge is 0.388 e. The van der Waals surface area contributed by atoms with Gasteiger partial charge in [-0.15, -0.1) is 0 Å². The first-order valence-electron chi connectivity index (χ1n) is 13.2. The molecule has 0 spiro atoms. The Bertz CT molecular complexity index is 872. The highest BCUT2D eigenvalue weighted by Gasteiger charge is 2.37. The van der Waals surface area contributed by atoms with E-state index in [0.29, 0.717) is 49.4 Å².